The van der Waals surface area contributed by atoms with E-state index >= 15 is 0 Å². The van der Waals surface area contributed by atoms with E-state index in [1.54, 1.807) is 13.0 Å². The van der Waals surface area contributed by atoms with Gasteiger partial charge >= 0.3 is 0 Å². The van der Waals surface area contributed by atoms with E-state index in [-0.39, 0.29) is 17.8 Å². The molecule has 0 saturated carbocycles. The lowest BCUT2D eigenvalue weighted by Gasteiger charge is -2.24. The highest BCUT2D eigenvalue weighted by molar-refractivity contribution is 6.29. The van der Waals surface area contributed by atoms with Gasteiger partial charge in [-0.2, -0.15) is 0 Å². The summed E-state index contributed by atoms with van der Waals surface area (Å²) in [7, 11) is 0. The van der Waals surface area contributed by atoms with E-state index in [1.807, 2.05) is 24.3 Å². The summed E-state index contributed by atoms with van der Waals surface area (Å²) >= 11 is 5.86. The van der Waals surface area contributed by atoms with Gasteiger partial charge in [0.1, 0.15) is 17.5 Å². The molecule has 0 fully saturated rings. The first-order valence-corrected chi connectivity index (χ1v) is 7.02. The van der Waals surface area contributed by atoms with Crippen molar-refractivity contribution in [2.45, 2.75) is 13.3 Å². The average Bonchev–Trinajstić information content (AvgIpc) is 2.45. The summed E-state index contributed by atoms with van der Waals surface area (Å²) < 4.78 is 5.61. The Morgan fingerprint density at radius 3 is 3.00 bits per heavy atom. The molecule has 0 saturated heterocycles. The Balaban J connectivity index is 1.72. The van der Waals surface area contributed by atoms with E-state index < -0.39 is 0 Å². The Bertz CT molecular complexity index is 670. The number of para-hydroxylation sites is 1. The normalized spacial score (nSPS) is 16.8. The lowest BCUT2D eigenvalue weighted by Crippen LogP contribution is -2.33. The second kappa shape index (κ2) is 5.69. The molecule has 1 N–H and O–H groups in total. The number of rotatable bonds is 2. The number of carbonyl (C=O) groups is 1. The Morgan fingerprint density at radius 2 is 2.19 bits per heavy atom. The summed E-state index contributed by atoms with van der Waals surface area (Å²) in [5, 5.41) is 3.01. The first kappa shape index (κ1) is 13.8. The zero-order valence-electron chi connectivity index (χ0n) is 11.5. The van der Waals surface area contributed by atoms with E-state index in [0.29, 0.717) is 23.9 Å². The monoisotopic (exact) mass is 303 g/mol. The lowest BCUT2D eigenvalue weighted by atomic mass is 9.96. The Morgan fingerprint density at radius 1 is 1.38 bits per heavy atom. The lowest BCUT2D eigenvalue weighted by molar-refractivity contribution is -0.121. The number of amides is 1. The maximum atomic E-state index is 12.3. The van der Waals surface area contributed by atoms with E-state index in [9.17, 15) is 4.79 Å². The number of carbonyl (C=O) groups excluding carboxylic acids is 1. The van der Waals surface area contributed by atoms with Gasteiger partial charge in [-0.3, -0.25) is 10.1 Å². The molecular weight excluding hydrogens is 290 g/mol. The minimum Gasteiger partial charge on any atom is -0.492 e. The SMILES string of the molecule is Cc1cc(Cl)nc(NC(=O)C2COc3ccccc3C2)n1. The Labute approximate surface area is 127 Å². The van der Waals surface area contributed by atoms with E-state index in [4.69, 9.17) is 16.3 Å². The minimum atomic E-state index is -0.261. The number of nitrogens with one attached hydrogen (secondary N) is 1. The summed E-state index contributed by atoms with van der Waals surface area (Å²) in [4.78, 5) is 20.4. The molecule has 0 bridgehead atoms. The number of nitrogens with zero attached hydrogens (tertiary/aromatic N) is 2. The van der Waals surface area contributed by atoms with Gasteiger partial charge in [0.2, 0.25) is 11.9 Å². The molecule has 5 nitrogen and oxygen atoms in total. The second-order valence-corrected chi connectivity index (χ2v) is 5.35. The van der Waals surface area contributed by atoms with Crippen molar-refractivity contribution in [3.05, 3.63) is 46.7 Å². The molecule has 108 valence electrons. The first-order valence-electron chi connectivity index (χ1n) is 6.64. The van der Waals surface area contributed by atoms with Gasteiger partial charge in [-0.05, 0) is 31.0 Å². The van der Waals surface area contributed by atoms with Crippen LogP contribution in [0.1, 0.15) is 11.3 Å². The number of hydrogen-bond donors (Lipinski definition) is 1. The van der Waals surface area contributed by atoms with Gasteiger partial charge in [0.05, 0.1) is 5.92 Å². The van der Waals surface area contributed by atoms with Crippen LogP contribution in [-0.4, -0.2) is 22.5 Å². The molecule has 1 aromatic heterocycles. The third-order valence-corrected chi connectivity index (χ3v) is 3.50. The molecule has 0 spiro atoms. The van der Waals surface area contributed by atoms with Crippen molar-refractivity contribution in [2.75, 3.05) is 11.9 Å². The van der Waals surface area contributed by atoms with Gasteiger partial charge < -0.3 is 4.74 Å². The van der Waals surface area contributed by atoms with Crippen molar-refractivity contribution in [2.24, 2.45) is 5.92 Å². The van der Waals surface area contributed by atoms with Gasteiger partial charge in [-0.1, -0.05) is 29.8 Å². The van der Waals surface area contributed by atoms with Crippen molar-refractivity contribution >= 4 is 23.5 Å². The zero-order valence-corrected chi connectivity index (χ0v) is 12.2. The van der Waals surface area contributed by atoms with Crippen LogP contribution < -0.4 is 10.1 Å². The summed E-state index contributed by atoms with van der Waals surface area (Å²) in [6.45, 7) is 2.14. The third-order valence-electron chi connectivity index (χ3n) is 3.31. The van der Waals surface area contributed by atoms with Crippen molar-refractivity contribution in [3.8, 4) is 5.75 Å². The fraction of sp³-hybridized carbons (Fsp3) is 0.267. The van der Waals surface area contributed by atoms with Crippen LogP contribution in [0.25, 0.3) is 0 Å². The van der Waals surface area contributed by atoms with Gasteiger partial charge in [-0.25, -0.2) is 9.97 Å². The quantitative estimate of drug-likeness (QED) is 0.866. The number of anilines is 1. The van der Waals surface area contributed by atoms with Crippen LogP contribution in [0.3, 0.4) is 0 Å². The second-order valence-electron chi connectivity index (χ2n) is 4.96. The number of aromatic nitrogens is 2. The number of halogens is 1. The largest absolute Gasteiger partial charge is 0.492 e. The topological polar surface area (TPSA) is 64.1 Å². The van der Waals surface area contributed by atoms with E-state index in [1.165, 1.54) is 0 Å². The molecule has 1 amide bonds. The van der Waals surface area contributed by atoms with Crippen molar-refractivity contribution in [1.29, 1.82) is 0 Å². The van der Waals surface area contributed by atoms with Crippen LogP contribution in [0.4, 0.5) is 5.95 Å². The highest BCUT2D eigenvalue weighted by Gasteiger charge is 2.26. The van der Waals surface area contributed by atoms with E-state index in [2.05, 4.69) is 15.3 Å². The van der Waals surface area contributed by atoms with E-state index in [0.717, 1.165) is 11.3 Å². The van der Waals surface area contributed by atoms with Crippen LogP contribution in [0.15, 0.2) is 30.3 Å². The molecule has 1 aromatic carbocycles. The van der Waals surface area contributed by atoms with Crippen molar-refractivity contribution in [3.63, 3.8) is 0 Å². The minimum absolute atomic E-state index is 0.161. The molecule has 2 aromatic rings. The number of hydrogen-bond acceptors (Lipinski definition) is 4. The predicted molar refractivity (Wildman–Crippen MR) is 79.5 cm³/mol. The fourth-order valence-electron chi connectivity index (χ4n) is 2.29. The average molecular weight is 304 g/mol. The molecule has 6 heteroatoms. The van der Waals surface area contributed by atoms with Gasteiger partial charge in [0.15, 0.2) is 0 Å². The van der Waals surface area contributed by atoms with Crippen LogP contribution in [-0.2, 0) is 11.2 Å². The van der Waals surface area contributed by atoms with Gasteiger partial charge in [0, 0.05) is 5.69 Å². The molecule has 1 atom stereocenters. The number of benzene rings is 1. The molecular formula is C15H14ClN3O2. The Kier molecular flexibility index (Phi) is 3.75. The molecule has 1 aliphatic rings. The molecule has 21 heavy (non-hydrogen) atoms. The maximum Gasteiger partial charge on any atom is 0.233 e. The smallest absolute Gasteiger partial charge is 0.233 e. The highest BCUT2D eigenvalue weighted by atomic mass is 35.5. The molecule has 2 heterocycles. The molecule has 0 radical (unpaired) electrons. The van der Waals surface area contributed by atoms with Crippen molar-refractivity contribution in [1.82, 2.24) is 9.97 Å². The summed E-state index contributed by atoms with van der Waals surface area (Å²) in [5.74, 6) is 0.647. The number of aryl methyl sites for hydroxylation is 1. The Hall–Kier alpha value is -2.14. The van der Waals surface area contributed by atoms with Crippen LogP contribution >= 0.6 is 11.6 Å². The standard InChI is InChI=1S/C15H14ClN3O2/c1-9-6-13(16)18-15(17-9)19-14(20)11-7-10-4-2-3-5-12(10)21-8-11/h2-6,11H,7-8H2,1H3,(H,17,18,19,20). The van der Waals surface area contributed by atoms with Crippen LogP contribution in [0.5, 0.6) is 5.75 Å². The fourth-order valence-corrected chi connectivity index (χ4v) is 2.53. The molecule has 1 aliphatic heterocycles. The van der Waals surface area contributed by atoms with Gasteiger partial charge in [0.25, 0.3) is 0 Å². The van der Waals surface area contributed by atoms with Gasteiger partial charge in [-0.15, -0.1) is 0 Å². The predicted octanol–water partition coefficient (Wildman–Crippen LogP) is 2.63. The number of fused-ring (bicyclic) bond motifs is 1. The van der Waals surface area contributed by atoms with Crippen LogP contribution in [0.2, 0.25) is 5.15 Å². The van der Waals surface area contributed by atoms with Crippen molar-refractivity contribution < 1.29 is 9.53 Å². The molecule has 0 aliphatic carbocycles. The molecule has 1 unspecified atom stereocenters. The summed E-state index contributed by atoms with van der Waals surface area (Å²) in [6.07, 6.45) is 0.640. The third kappa shape index (κ3) is 3.13. The summed E-state index contributed by atoms with van der Waals surface area (Å²) in [6, 6.07) is 9.37. The first-order chi connectivity index (χ1) is 10.1. The molecule has 3 rings (SSSR count). The summed E-state index contributed by atoms with van der Waals surface area (Å²) in [5.41, 5.74) is 1.74. The number of ether oxygens (including phenoxy) is 1. The van der Waals surface area contributed by atoms with Crippen LogP contribution in [0, 0.1) is 12.8 Å². The maximum absolute atomic E-state index is 12.3. The highest BCUT2D eigenvalue weighted by Crippen LogP contribution is 2.27. The zero-order chi connectivity index (χ0) is 14.8.